The molecular weight excluding hydrogens is 404 g/mol. The number of anilines is 2. The number of carbonyl (C=O) groups is 1. The Bertz CT molecular complexity index is 988. The number of nitrogens with zero attached hydrogens (tertiary/aromatic N) is 1. The van der Waals surface area contributed by atoms with Gasteiger partial charge in [-0.15, -0.1) is 0 Å². The molecular formula is C21H28N4O4S. The summed E-state index contributed by atoms with van der Waals surface area (Å²) in [5, 5.41) is 6.11. The van der Waals surface area contributed by atoms with Crippen LogP contribution in [0.25, 0.3) is 0 Å². The third-order valence-electron chi connectivity index (χ3n) is 4.85. The zero-order valence-corrected chi connectivity index (χ0v) is 18.1. The van der Waals surface area contributed by atoms with E-state index in [4.69, 9.17) is 4.74 Å². The SMILES string of the molecule is CCCNC(=O)c1ccc(N2CCNCC2)c(NS(=O)(=O)c2cccc(OC)c2)c1. The maximum atomic E-state index is 13.1. The highest BCUT2D eigenvalue weighted by Crippen LogP contribution is 2.30. The van der Waals surface area contributed by atoms with E-state index >= 15 is 0 Å². The Balaban J connectivity index is 1.97. The molecule has 2 aromatic carbocycles. The van der Waals surface area contributed by atoms with Crippen molar-refractivity contribution in [2.24, 2.45) is 0 Å². The molecule has 0 bridgehead atoms. The lowest BCUT2D eigenvalue weighted by atomic mass is 10.1. The number of sulfonamides is 1. The molecule has 0 aliphatic carbocycles. The molecule has 2 aromatic rings. The van der Waals surface area contributed by atoms with Crippen LogP contribution in [-0.4, -0.2) is 54.2 Å². The number of hydrogen-bond acceptors (Lipinski definition) is 6. The third-order valence-corrected chi connectivity index (χ3v) is 6.21. The van der Waals surface area contributed by atoms with Crippen LogP contribution >= 0.6 is 0 Å². The average molecular weight is 433 g/mol. The van der Waals surface area contributed by atoms with Gasteiger partial charge < -0.3 is 20.3 Å². The molecule has 1 amide bonds. The quantitative estimate of drug-likeness (QED) is 0.590. The largest absolute Gasteiger partial charge is 0.497 e. The molecule has 1 aliphatic heterocycles. The van der Waals surface area contributed by atoms with Gasteiger partial charge in [0.25, 0.3) is 15.9 Å². The van der Waals surface area contributed by atoms with Gasteiger partial charge in [0.1, 0.15) is 5.75 Å². The first-order valence-corrected chi connectivity index (χ1v) is 11.5. The van der Waals surface area contributed by atoms with Crippen molar-refractivity contribution in [2.75, 3.05) is 49.5 Å². The lowest BCUT2D eigenvalue weighted by Gasteiger charge is -2.31. The van der Waals surface area contributed by atoms with Gasteiger partial charge in [-0.3, -0.25) is 9.52 Å². The molecule has 0 spiro atoms. The fraction of sp³-hybridized carbons (Fsp3) is 0.381. The molecule has 1 aliphatic rings. The van der Waals surface area contributed by atoms with Crippen LogP contribution in [0.4, 0.5) is 11.4 Å². The fourth-order valence-electron chi connectivity index (χ4n) is 3.25. The van der Waals surface area contributed by atoms with E-state index in [2.05, 4.69) is 20.3 Å². The summed E-state index contributed by atoms with van der Waals surface area (Å²) in [6.45, 7) is 5.64. The highest BCUT2D eigenvalue weighted by molar-refractivity contribution is 7.92. The second-order valence-corrected chi connectivity index (χ2v) is 8.69. The monoisotopic (exact) mass is 432 g/mol. The van der Waals surface area contributed by atoms with Crippen LogP contribution < -0.4 is 25.0 Å². The summed E-state index contributed by atoms with van der Waals surface area (Å²) in [6.07, 6.45) is 0.819. The molecule has 0 aromatic heterocycles. The highest BCUT2D eigenvalue weighted by Gasteiger charge is 2.21. The van der Waals surface area contributed by atoms with Crippen LogP contribution in [0.5, 0.6) is 5.75 Å². The van der Waals surface area contributed by atoms with Gasteiger partial charge in [0.2, 0.25) is 0 Å². The zero-order chi connectivity index (χ0) is 21.6. The van der Waals surface area contributed by atoms with Crippen molar-refractivity contribution in [2.45, 2.75) is 18.2 Å². The minimum absolute atomic E-state index is 0.0916. The van der Waals surface area contributed by atoms with E-state index in [1.807, 2.05) is 6.92 Å². The van der Waals surface area contributed by atoms with Crippen molar-refractivity contribution in [3.8, 4) is 5.75 Å². The van der Waals surface area contributed by atoms with Crippen molar-refractivity contribution < 1.29 is 17.9 Å². The number of nitrogens with one attached hydrogen (secondary N) is 3. The van der Waals surface area contributed by atoms with E-state index < -0.39 is 10.0 Å². The normalized spacial score (nSPS) is 14.3. The summed E-state index contributed by atoms with van der Waals surface area (Å²) < 4.78 is 33.9. The number of rotatable bonds is 8. The van der Waals surface area contributed by atoms with Crippen LogP contribution in [-0.2, 0) is 10.0 Å². The summed E-state index contributed by atoms with van der Waals surface area (Å²) in [4.78, 5) is 14.6. The first-order valence-electron chi connectivity index (χ1n) is 9.99. The van der Waals surface area contributed by atoms with Crippen molar-refractivity contribution in [1.29, 1.82) is 0 Å². The second kappa shape index (κ2) is 9.82. The summed E-state index contributed by atoms with van der Waals surface area (Å²) >= 11 is 0. The Hall–Kier alpha value is -2.78. The van der Waals surface area contributed by atoms with Gasteiger partial charge in [0.05, 0.1) is 23.4 Å². The predicted molar refractivity (Wildman–Crippen MR) is 118 cm³/mol. The Labute approximate surface area is 177 Å². The molecule has 0 unspecified atom stereocenters. The maximum Gasteiger partial charge on any atom is 0.262 e. The Kier molecular flexibility index (Phi) is 7.17. The van der Waals surface area contributed by atoms with Crippen LogP contribution in [0.15, 0.2) is 47.4 Å². The molecule has 1 saturated heterocycles. The molecule has 3 rings (SSSR count). The molecule has 1 heterocycles. The maximum absolute atomic E-state index is 13.1. The van der Waals surface area contributed by atoms with Gasteiger partial charge in [-0.1, -0.05) is 13.0 Å². The highest BCUT2D eigenvalue weighted by atomic mass is 32.2. The molecule has 0 atom stereocenters. The van der Waals surface area contributed by atoms with Crippen molar-refractivity contribution in [3.05, 3.63) is 48.0 Å². The number of ether oxygens (including phenoxy) is 1. The summed E-state index contributed by atoms with van der Waals surface area (Å²) in [5.74, 6) is 0.221. The second-order valence-electron chi connectivity index (χ2n) is 7.01. The molecule has 9 heteroatoms. The van der Waals surface area contributed by atoms with Gasteiger partial charge in [-0.2, -0.15) is 0 Å². The molecule has 0 radical (unpaired) electrons. The van der Waals surface area contributed by atoms with Gasteiger partial charge in [0, 0.05) is 44.4 Å². The summed E-state index contributed by atoms with van der Waals surface area (Å²) in [5.41, 5.74) is 1.53. The number of carbonyl (C=O) groups excluding carboxylic acids is 1. The Morgan fingerprint density at radius 1 is 1.17 bits per heavy atom. The van der Waals surface area contributed by atoms with Crippen LogP contribution in [0.2, 0.25) is 0 Å². The first kappa shape index (κ1) is 21.9. The van der Waals surface area contributed by atoms with E-state index in [-0.39, 0.29) is 10.8 Å². The summed E-state index contributed by atoms with van der Waals surface area (Å²) in [6, 6.07) is 11.4. The number of methoxy groups -OCH3 is 1. The fourth-order valence-corrected chi connectivity index (χ4v) is 4.35. The van der Waals surface area contributed by atoms with Crippen LogP contribution in [0, 0.1) is 0 Å². The number of hydrogen-bond donors (Lipinski definition) is 3. The molecule has 8 nitrogen and oxygen atoms in total. The van der Waals surface area contributed by atoms with Gasteiger partial charge >= 0.3 is 0 Å². The van der Waals surface area contributed by atoms with Crippen LogP contribution in [0.1, 0.15) is 23.7 Å². The predicted octanol–water partition coefficient (Wildman–Crippen LogP) is 2.05. The molecule has 3 N–H and O–H groups in total. The smallest absolute Gasteiger partial charge is 0.262 e. The van der Waals surface area contributed by atoms with E-state index in [0.29, 0.717) is 23.5 Å². The Morgan fingerprint density at radius 2 is 1.93 bits per heavy atom. The number of piperazine rings is 1. The topological polar surface area (TPSA) is 99.8 Å². The zero-order valence-electron chi connectivity index (χ0n) is 17.3. The molecule has 0 saturated carbocycles. The molecule has 1 fully saturated rings. The van der Waals surface area contributed by atoms with Crippen molar-refractivity contribution in [1.82, 2.24) is 10.6 Å². The van der Waals surface area contributed by atoms with E-state index in [0.717, 1.165) is 38.3 Å². The number of benzene rings is 2. The average Bonchev–Trinajstić information content (AvgIpc) is 2.77. The lowest BCUT2D eigenvalue weighted by molar-refractivity contribution is 0.0953. The number of amides is 1. The standard InChI is InChI=1S/C21H28N4O4S/c1-3-9-23-21(26)16-7-8-20(25-12-10-22-11-13-25)19(14-16)24-30(27,28)18-6-4-5-17(15-18)29-2/h4-8,14-15,22,24H,3,9-13H2,1-2H3,(H,23,26). The van der Waals surface area contributed by atoms with Crippen LogP contribution in [0.3, 0.4) is 0 Å². The van der Waals surface area contributed by atoms with E-state index in [1.54, 1.807) is 30.3 Å². The molecule has 30 heavy (non-hydrogen) atoms. The summed E-state index contributed by atoms with van der Waals surface area (Å²) in [7, 11) is -2.38. The third kappa shape index (κ3) is 5.22. The first-order chi connectivity index (χ1) is 14.4. The van der Waals surface area contributed by atoms with E-state index in [1.165, 1.54) is 19.2 Å². The van der Waals surface area contributed by atoms with Gasteiger partial charge in [-0.05, 0) is 36.8 Å². The minimum atomic E-state index is -3.87. The minimum Gasteiger partial charge on any atom is -0.497 e. The van der Waals surface area contributed by atoms with Gasteiger partial charge in [0.15, 0.2) is 0 Å². The van der Waals surface area contributed by atoms with Crippen molar-refractivity contribution >= 4 is 27.3 Å². The Morgan fingerprint density at radius 3 is 2.63 bits per heavy atom. The van der Waals surface area contributed by atoms with Crippen molar-refractivity contribution in [3.63, 3.8) is 0 Å². The van der Waals surface area contributed by atoms with Gasteiger partial charge in [-0.25, -0.2) is 8.42 Å². The molecule has 162 valence electrons. The lowest BCUT2D eigenvalue weighted by Crippen LogP contribution is -2.43. The van der Waals surface area contributed by atoms with E-state index in [9.17, 15) is 13.2 Å².